The summed E-state index contributed by atoms with van der Waals surface area (Å²) < 4.78 is 1.75. The number of nitrogens with one attached hydrogen (secondary N) is 1. The molecule has 0 saturated heterocycles. The zero-order valence-electron chi connectivity index (χ0n) is 9.87. The van der Waals surface area contributed by atoms with Gasteiger partial charge >= 0.3 is 5.97 Å². The predicted molar refractivity (Wildman–Crippen MR) is 64.4 cm³/mol. The molecule has 2 N–H and O–H groups in total. The second-order valence-electron chi connectivity index (χ2n) is 3.79. The Kier molecular flexibility index (Phi) is 3.52. The largest absolute Gasteiger partial charge is 0.476 e. The summed E-state index contributed by atoms with van der Waals surface area (Å²) in [5, 5.41) is 15.8. The molecule has 0 unspecified atom stereocenters. The van der Waals surface area contributed by atoms with Gasteiger partial charge in [0.15, 0.2) is 5.69 Å². The second-order valence-corrected chi connectivity index (χ2v) is 3.79. The van der Waals surface area contributed by atoms with Crippen LogP contribution in [0.1, 0.15) is 16.1 Å². The molecule has 0 aliphatic carbocycles. The highest BCUT2D eigenvalue weighted by Crippen LogP contribution is 2.02. The van der Waals surface area contributed by atoms with Crippen LogP contribution in [0, 0.1) is 0 Å². The third-order valence-electron chi connectivity index (χ3n) is 2.35. The van der Waals surface area contributed by atoms with Crippen molar-refractivity contribution in [1.29, 1.82) is 0 Å². The quantitative estimate of drug-likeness (QED) is 0.802. The van der Waals surface area contributed by atoms with Crippen LogP contribution < -0.4 is 5.32 Å². The zero-order chi connectivity index (χ0) is 13.0. The summed E-state index contributed by atoms with van der Waals surface area (Å²) in [5.74, 6) is -0.520. The molecule has 7 heteroatoms. The average Bonchev–Trinajstić information content (AvgIpc) is 2.76. The molecule has 0 fully saturated rings. The molecular weight excluding hydrogens is 234 g/mol. The van der Waals surface area contributed by atoms with Crippen molar-refractivity contribution < 1.29 is 9.90 Å². The normalized spacial score (nSPS) is 10.3. The molecule has 0 bridgehead atoms. The van der Waals surface area contributed by atoms with E-state index in [1.165, 1.54) is 12.4 Å². The summed E-state index contributed by atoms with van der Waals surface area (Å²) in [6, 6.07) is 0. The molecule has 0 aliphatic heterocycles. The molecule has 7 nitrogen and oxygen atoms in total. The van der Waals surface area contributed by atoms with E-state index in [1.807, 2.05) is 13.2 Å². The van der Waals surface area contributed by atoms with Crippen LogP contribution in [0.5, 0.6) is 0 Å². The fourth-order valence-electron chi connectivity index (χ4n) is 1.47. The van der Waals surface area contributed by atoms with E-state index in [4.69, 9.17) is 5.11 Å². The lowest BCUT2D eigenvalue weighted by Gasteiger charge is -2.03. The third kappa shape index (κ3) is 3.03. The molecule has 0 radical (unpaired) electrons. The molecule has 94 valence electrons. The van der Waals surface area contributed by atoms with E-state index < -0.39 is 5.97 Å². The van der Waals surface area contributed by atoms with Gasteiger partial charge in [0.05, 0.1) is 18.6 Å². The van der Waals surface area contributed by atoms with Crippen LogP contribution in [-0.4, -0.2) is 37.4 Å². The van der Waals surface area contributed by atoms with Gasteiger partial charge in [-0.1, -0.05) is 0 Å². The van der Waals surface area contributed by atoms with Crippen LogP contribution in [0.25, 0.3) is 0 Å². The first kappa shape index (κ1) is 12.0. The van der Waals surface area contributed by atoms with Crippen LogP contribution in [0.4, 0.5) is 5.82 Å². The van der Waals surface area contributed by atoms with Gasteiger partial charge in [0, 0.05) is 19.8 Å². The van der Waals surface area contributed by atoms with Crippen molar-refractivity contribution in [2.75, 3.05) is 11.9 Å². The predicted octanol–water partition coefficient (Wildman–Crippen LogP) is 0.563. The Balaban J connectivity index is 1.85. The molecule has 2 rings (SSSR count). The molecule has 18 heavy (non-hydrogen) atoms. The van der Waals surface area contributed by atoms with Gasteiger partial charge in [0.1, 0.15) is 5.82 Å². The smallest absolute Gasteiger partial charge is 0.356 e. The number of nitrogens with zero attached hydrogens (tertiary/aromatic N) is 4. The maximum absolute atomic E-state index is 10.6. The van der Waals surface area contributed by atoms with Crippen molar-refractivity contribution in [3.63, 3.8) is 0 Å². The molecule has 2 aromatic heterocycles. The van der Waals surface area contributed by atoms with E-state index in [2.05, 4.69) is 20.4 Å². The minimum atomic E-state index is -1.08. The highest BCUT2D eigenvalue weighted by Gasteiger charge is 2.04. The topological polar surface area (TPSA) is 92.9 Å². The van der Waals surface area contributed by atoms with Crippen molar-refractivity contribution in [3.05, 3.63) is 36.0 Å². The molecule has 2 heterocycles. The lowest BCUT2D eigenvalue weighted by molar-refractivity contribution is 0.0690. The Hall–Kier alpha value is -2.44. The van der Waals surface area contributed by atoms with Gasteiger partial charge in [-0.05, 0) is 12.0 Å². The Bertz CT molecular complexity index is 535. The monoisotopic (exact) mass is 247 g/mol. The molecular formula is C11H13N5O2. The minimum Gasteiger partial charge on any atom is -0.476 e. The van der Waals surface area contributed by atoms with Gasteiger partial charge < -0.3 is 10.4 Å². The first-order valence-corrected chi connectivity index (χ1v) is 5.42. The number of anilines is 1. The second kappa shape index (κ2) is 5.26. The Morgan fingerprint density at radius 2 is 2.22 bits per heavy atom. The summed E-state index contributed by atoms with van der Waals surface area (Å²) in [6.07, 6.45) is 7.21. The fourth-order valence-corrected chi connectivity index (χ4v) is 1.47. The van der Waals surface area contributed by atoms with Crippen molar-refractivity contribution in [3.8, 4) is 0 Å². The molecule has 0 aliphatic rings. The fraction of sp³-hybridized carbons (Fsp3) is 0.273. The number of aromatic nitrogens is 4. The first-order chi connectivity index (χ1) is 8.65. The summed E-state index contributed by atoms with van der Waals surface area (Å²) in [7, 11) is 1.87. The number of hydrogen-bond acceptors (Lipinski definition) is 5. The van der Waals surface area contributed by atoms with E-state index >= 15 is 0 Å². The standard InChI is InChI=1S/C11H13N5O2/c1-16-7-8(4-15-16)2-3-12-10-6-13-9(5-14-10)11(17)18/h4-7H,2-3H2,1H3,(H,12,14)(H,17,18). The Labute approximate surface area is 104 Å². The van der Waals surface area contributed by atoms with E-state index in [-0.39, 0.29) is 5.69 Å². The van der Waals surface area contributed by atoms with Crippen LogP contribution in [0.3, 0.4) is 0 Å². The van der Waals surface area contributed by atoms with Crippen molar-refractivity contribution in [2.24, 2.45) is 7.05 Å². The van der Waals surface area contributed by atoms with E-state index in [1.54, 1.807) is 10.9 Å². The van der Waals surface area contributed by atoms with Gasteiger partial charge in [-0.2, -0.15) is 5.10 Å². The molecule has 0 spiro atoms. The lowest BCUT2D eigenvalue weighted by Crippen LogP contribution is -2.08. The lowest BCUT2D eigenvalue weighted by atomic mass is 10.2. The molecule has 0 saturated carbocycles. The highest BCUT2D eigenvalue weighted by atomic mass is 16.4. The minimum absolute atomic E-state index is 0.0622. The number of aromatic carboxylic acids is 1. The van der Waals surface area contributed by atoms with Gasteiger partial charge in [-0.3, -0.25) is 4.68 Å². The van der Waals surface area contributed by atoms with Gasteiger partial charge in [0.25, 0.3) is 0 Å². The van der Waals surface area contributed by atoms with Gasteiger partial charge in [-0.25, -0.2) is 14.8 Å². The maximum atomic E-state index is 10.6. The molecule has 2 aromatic rings. The molecule has 0 atom stereocenters. The number of rotatable bonds is 5. The van der Waals surface area contributed by atoms with E-state index in [0.29, 0.717) is 12.4 Å². The third-order valence-corrected chi connectivity index (χ3v) is 2.35. The summed E-state index contributed by atoms with van der Waals surface area (Å²) in [5.41, 5.74) is 1.06. The van der Waals surface area contributed by atoms with Crippen LogP contribution in [0.15, 0.2) is 24.8 Å². The maximum Gasteiger partial charge on any atom is 0.356 e. The number of carbonyl (C=O) groups is 1. The average molecular weight is 247 g/mol. The highest BCUT2D eigenvalue weighted by molar-refractivity contribution is 5.84. The number of carboxylic acid groups (broad SMARTS) is 1. The van der Waals surface area contributed by atoms with E-state index in [0.717, 1.165) is 12.0 Å². The van der Waals surface area contributed by atoms with Crippen LogP contribution >= 0.6 is 0 Å². The van der Waals surface area contributed by atoms with Crippen molar-refractivity contribution in [1.82, 2.24) is 19.7 Å². The molecule has 0 amide bonds. The van der Waals surface area contributed by atoms with Crippen molar-refractivity contribution >= 4 is 11.8 Å². The van der Waals surface area contributed by atoms with Crippen molar-refractivity contribution in [2.45, 2.75) is 6.42 Å². The van der Waals surface area contributed by atoms with Gasteiger partial charge in [-0.15, -0.1) is 0 Å². The number of carboxylic acids is 1. The SMILES string of the molecule is Cn1cc(CCNc2cnc(C(=O)O)cn2)cn1. The number of aryl methyl sites for hydroxylation is 1. The first-order valence-electron chi connectivity index (χ1n) is 5.42. The summed E-state index contributed by atoms with van der Waals surface area (Å²) in [4.78, 5) is 18.3. The number of hydrogen-bond donors (Lipinski definition) is 2. The summed E-state index contributed by atoms with van der Waals surface area (Å²) >= 11 is 0. The zero-order valence-corrected chi connectivity index (χ0v) is 9.87. The summed E-state index contributed by atoms with van der Waals surface area (Å²) in [6.45, 7) is 0.687. The Morgan fingerprint density at radius 1 is 1.39 bits per heavy atom. The molecule has 0 aromatic carbocycles. The van der Waals surface area contributed by atoms with Crippen LogP contribution in [0.2, 0.25) is 0 Å². The van der Waals surface area contributed by atoms with E-state index in [9.17, 15) is 4.79 Å². The Morgan fingerprint density at radius 3 is 2.78 bits per heavy atom. The van der Waals surface area contributed by atoms with Crippen LogP contribution in [-0.2, 0) is 13.5 Å². The van der Waals surface area contributed by atoms with Gasteiger partial charge in [0.2, 0.25) is 0 Å².